The molecule has 4 aliphatic rings. The molecule has 2 aromatic rings. The zero-order valence-electron chi connectivity index (χ0n) is 27.4. The van der Waals surface area contributed by atoms with Crippen molar-refractivity contribution >= 4 is 46.9 Å². The van der Waals surface area contributed by atoms with E-state index in [2.05, 4.69) is 22.2 Å². The summed E-state index contributed by atoms with van der Waals surface area (Å²) >= 11 is 12.9. The number of nitrogens with one attached hydrogen (secondary N) is 1. The highest BCUT2D eigenvalue weighted by molar-refractivity contribution is 6.36. The quantitative estimate of drug-likeness (QED) is 0.453. The number of urea groups is 1. The van der Waals surface area contributed by atoms with Crippen molar-refractivity contribution in [1.29, 1.82) is 0 Å². The minimum Gasteiger partial charge on any atom is -0.436 e. The molecule has 47 heavy (non-hydrogen) atoms. The van der Waals surface area contributed by atoms with E-state index < -0.39 is 12.2 Å². The van der Waals surface area contributed by atoms with Gasteiger partial charge in [0.25, 0.3) is 5.91 Å². The number of likely N-dealkylation sites (N-methyl/N-ethyl adjacent to an activating group) is 1. The van der Waals surface area contributed by atoms with E-state index in [0.717, 1.165) is 67.8 Å². The van der Waals surface area contributed by atoms with E-state index in [-0.39, 0.29) is 24.4 Å². The van der Waals surface area contributed by atoms with Gasteiger partial charge < -0.3 is 29.7 Å². The van der Waals surface area contributed by atoms with Gasteiger partial charge >= 0.3 is 12.1 Å². The summed E-state index contributed by atoms with van der Waals surface area (Å²) in [5, 5.41) is 4.08. The lowest BCUT2D eigenvalue weighted by Gasteiger charge is -2.42. The Morgan fingerprint density at radius 1 is 0.872 bits per heavy atom. The highest BCUT2D eigenvalue weighted by Crippen LogP contribution is 2.29. The maximum absolute atomic E-state index is 14.0. The zero-order chi connectivity index (χ0) is 33.1. The lowest BCUT2D eigenvalue weighted by molar-refractivity contribution is -0.142. The molecule has 3 fully saturated rings. The minimum atomic E-state index is -0.995. The number of para-hydroxylation sites is 1. The standard InChI is InChI=1S/C35H46Cl2N6O4/c1-24-29(36)21-25(22-30(24)37)23-32(33(44)41-12-8-27(9-13-41)40-19-17-39(2)18-20-40)47-35(46)42-14-10-28(11-15-42)43-16-7-26-5-3-4-6-31(26)38-34(43)45/h3-6,21-22,27-28,32H,7-20,23H2,1-2H3,(H,38,45). The van der Waals surface area contributed by atoms with Crippen LogP contribution in [0, 0.1) is 6.92 Å². The number of halogens is 2. The van der Waals surface area contributed by atoms with E-state index in [9.17, 15) is 14.4 Å². The first-order valence-electron chi connectivity index (χ1n) is 16.9. The van der Waals surface area contributed by atoms with Crippen molar-refractivity contribution in [3.63, 3.8) is 0 Å². The van der Waals surface area contributed by atoms with E-state index in [1.54, 1.807) is 17.0 Å². The van der Waals surface area contributed by atoms with Gasteiger partial charge in [-0.3, -0.25) is 9.69 Å². The number of hydrogen-bond donors (Lipinski definition) is 1. The Labute approximate surface area is 287 Å². The molecule has 0 aromatic heterocycles. The maximum atomic E-state index is 14.0. The molecule has 2 aromatic carbocycles. The summed E-state index contributed by atoms with van der Waals surface area (Å²) in [6.07, 6.45) is 2.55. The number of benzene rings is 2. The number of carbonyl (C=O) groups excluding carboxylic acids is 3. The Bertz CT molecular complexity index is 1430. The molecule has 0 bridgehead atoms. The van der Waals surface area contributed by atoms with E-state index in [1.807, 2.05) is 41.0 Å². The molecule has 1 N–H and O–H groups in total. The van der Waals surface area contributed by atoms with Gasteiger partial charge in [-0.25, -0.2) is 9.59 Å². The number of nitrogens with zero attached hydrogens (tertiary/aromatic N) is 5. The van der Waals surface area contributed by atoms with E-state index in [4.69, 9.17) is 27.9 Å². The Hall–Kier alpha value is -3.05. The summed E-state index contributed by atoms with van der Waals surface area (Å²) in [5.41, 5.74) is 3.50. The van der Waals surface area contributed by atoms with Crippen LogP contribution >= 0.6 is 23.2 Å². The number of rotatable bonds is 6. The largest absolute Gasteiger partial charge is 0.436 e. The predicted octanol–water partition coefficient (Wildman–Crippen LogP) is 5.14. The Kier molecular flexibility index (Phi) is 10.8. The zero-order valence-corrected chi connectivity index (χ0v) is 28.9. The molecule has 10 nitrogen and oxygen atoms in total. The number of piperazine rings is 1. The fourth-order valence-corrected chi connectivity index (χ4v) is 7.88. The number of hydrogen-bond acceptors (Lipinski definition) is 6. The first kappa shape index (κ1) is 33.8. The van der Waals surface area contributed by atoms with Crippen molar-refractivity contribution in [2.75, 3.05) is 71.3 Å². The normalized spacial score (nSPS) is 21.2. The number of anilines is 1. The molecule has 4 amide bonds. The topological polar surface area (TPSA) is 88.7 Å². The van der Waals surface area contributed by atoms with E-state index >= 15 is 0 Å². The van der Waals surface area contributed by atoms with E-state index in [1.165, 1.54) is 0 Å². The van der Waals surface area contributed by atoms with Crippen molar-refractivity contribution in [2.45, 2.75) is 63.6 Å². The number of likely N-dealkylation sites (tertiary alicyclic amines) is 2. The number of ether oxygens (including phenoxy) is 1. The van der Waals surface area contributed by atoms with Crippen LogP contribution in [0.25, 0.3) is 0 Å². The fourth-order valence-electron chi connectivity index (χ4n) is 7.35. The van der Waals surface area contributed by atoms with Crippen LogP contribution in [0.2, 0.25) is 10.0 Å². The van der Waals surface area contributed by atoms with Gasteiger partial charge in [-0.1, -0.05) is 41.4 Å². The minimum absolute atomic E-state index is 0.0178. The molecule has 1 atom stereocenters. The summed E-state index contributed by atoms with van der Waals surface area (Å²) in [4.78, 5) is 51.0. The average Bonchev–Trinajstić information content (AvgIpc) is 3.25. The summed E-state index contributed by atoms with van der Waals surface area (Å²) in [6, 6.07) is 11.9. The summed E-state index contributed by atoms with van der Waals surface area (Å²) < 4.78 is 6.04. The van der Waals surface area contributed by atoms with Gasteiger partial charge in [0, 0.05) is 93.1 Å². The highest BCUT2D eigenvalue weighted by Gasteiger charge is 2.36. The first-order valence-corrected chi connectivity index (χ1v) is 17.7. The first-order chi connectivity index (χ1) is 22.7. The van der Waals surface area contributed by atoms with Crippen LogP contribution in [0.15, 0.2) is 36.4 Å². The molecule has 254 valence electrons. The molecule has 12 heteroatoms. The van der Waals surface area contributed by atoms with Gasteiger partial charge in [0.2, 0.25) is 0 Å². The van der Waals surface area contributed by atoms with Gasteiger partial charge in [-0.05, 0) is 81.0 Å². The Morgan fingerprint density at radius 3 is 2.17 bits per heavy atom. The average molecular weight is 686 g/mol. The van der Waals surface area contributed by atoms with Crippen molar-refractivity contribution in [3.8, 4) is 0 Å². The van der Waals surface area contributed by atoms with Crippen LogP contribution < -0.4 is 5.32 Å². The molecule has 3 saturated heterocycles. The molecule has 0 aliphatic carbocycles. The third-order valence-corrected chi connectivity index (χ3v) is 11.2. The molecular weight excluding hydrogens is 639 g/mol. The van der Waals surface area contributed by atoms with Gasteiger partial charge in [-0.2, -0.15) is 0 Å². The Balaban J connectivity index is 1.08. The van der Waals surface area contributed by atoms with Gasteiger partial charge in [0.05, 0.1) is 0 Å². The predicted molar refractivity (Wildman–Crippen MR) is 184 cm³/mol. The van der Waals surface area contributed by atoms with E-state index in [0.29, 0.717) is 61.7 Å². The van der Waals surface area contributed by atoms with Gasteiger partial charge in [0.1, 0.15) is 0 Å². The van der Waals surface area contributed by atoms with Crippen LogP contribution in [0.4, 0.5) is 15.3 Å². The highest BCUT2D eigenvalue weighted by atomic mass is 35.5. The molecule has 6 rings (SSSR count). The SMILES string of the molecule is Cc1c(Cl)cc(CC(OC(=O)N2CCC(N3CCc4ccccc4NC3=O)CC2)C(=O)N2CCC(N3CCN(C)CC3)CC2)cc1Cl. The number of piperidine rings is 2. The monoisotopic (exact) mass is 684 g/mol. The Morgan fingerprint density at radius 2 is 1.49 bits per heavy atom. The van der Waals surface area contributed by atoms with Crippen LogP contribution in [0.3, 0.4) is 0 Å². The van der Waals surface area contributed by atoms with Gasteiger partial charge in [-0.15, -0.1) is 0 Å². The number of fused-ring (bicyclic) bond motifs is 1. The lowest BCUT2D eigenvalue weighted by Crippen LogP contribution is -2.54. The molecule has 0 radical (unpaired) electrons. The molecule has 0 saturated carbocycles. The summed E-state index contributed by atoms with van der Waals surface area (Å²) in [6.45, 7) is 8.86. The molecule has 1 unspecified atom stereocenters. The lowest BCUT2D eigenvalue weighted by atomic mass is 10.00. The third-order valence-electron chi connectivity index (χ3n) is 10.4. The smallest absolute Gasteiger partial charge is 0.410 e. The second-order valence-electron chi connectivity index (χ2n) is 13.4. The van der Waals surface area contributed by atoms with Crippen molar-refractivity contribution < 1.29 is 19.1 Å². The van der Waals surface area contributed by atoms with Crippen LogP contribution in [-0.2, 0) is 22.4 Å². The second-order valence-corrected chi connectivity index (χ2v) is 14.2. The van der Waals surface area contributed by atoms with Crippen molar-refractivity contribution in [2.24, 2.45) is 0 Å². The molecule has 4 aliphatic heterocycles. The fraction of sp³-hybridized carbons (Fsp3) is 0.571. The molecular formula is C35H46Cl2N6O4. The number of carbonyl (C=O) groups is 3. The van der Waals surface area contributed by atoms with Crippen LogP contribution in [-0.4, -0.2) is 127 Å². The molecule has 0 spiro atoms. The second kappa shape index (κ2) is 15.0. The van der Waals surface area contributed by atoms with Crippen LogP contribution in [0.1, 0.15) is 42.4 Å². The van der Waals surface area contributed by atoms with Crippen LogP contribution in [0.5, 0.6) is 0 Å². The summed E-state index contributed by atoms with van der Waals surface area (Å²) in [7, 11) is 2.16. The maximum Gasteiger partial charge on any atom is 0.410 e. The molecule has 4 heterocycles. The number of amides is 4. The van der Waals surface area contributed by atoms with Crippen molar-refractivity contribution in [1.82, 2.24) is 24.5 Å². The summed E-state index contributed by atoms with van der Waals surface area (Å²) in [5.74, 6) is -0.182. The third kappa shape index (κ3) is 7.99. The van der Waals surface area contributed by atoms with Gasteiger partial charge in [0.15, 0.2) is 6.10 Å². The van der Waals surface area contributed by atoms with Crippen molar-refractivity contribution in [3.05, 3.63) is 63.1 Å².